The van der Waals surface area contributed by atoms with Crippen molar-refractivity contribution >= 4 is 27.4 Å². The van der Waals surface area contributed by atoms with E-state index < -0.39 is 15.6 Å². The highest BCUT2D eigenvalue weighted by molar-refractivity contribution is 7.86. The minimum atomic E-state index is -6.09. The van der Waals surface area contributed by atoms with Crippen LogP contribution < -0.4 is 9.72 Å². The molecule has 8 nitrogen and oxygen atoms in total. The van der Waals surface area contributed by atoms with E-state index in [2.05, 4.69) is 15.4 Å². The average molecular weight is 437 g/mol. The summed E-state index contributed by atoms with van der Waals surface area (Å²) in [5, 5.41) is 8.00. The van der Waals surface area contributed by atoms with Gasteiger partial charge in [0.25, 0.3) is 0 Å². The fraction of sp³-hybridized carbons (Fsp3) is 0.0556. The number of aromatic nitrogens is 4. The Labute approximate surface area is 169 Å². The van der Waals surface area contributed by atoms with Crippen LogP contribution in [0.25, 0.3) is 11.5 Å². The SMILES string of the molecule is O=S(=O)([O-])C(F)(F)F.c1ccc(Nc2nn(-c3ccccn3)c3cccc[n+]23)cc1. The van der Waals surface area contributed by atoms with Gasteiger partial charge in [0.15, 0.2) is 10.1 Å². The van der Waals surface area contributed by atoms with Crippen molar-refractivity contribution in [1.82, 2.24) is 14.8 Å². The molecule has 1 aromatic carbocycles. The van der Waals surface area contributed by atoms with Crippen molar-refractivity contribution in [2.45, 2.75) is 5.51 Å². The van der Waals surface area contributed by atoms with Gasteiger partial charge in [0.2, 0.25) is 11.5 Å². The first-order chi connectivity index (χ1) is 14.2. The zero-order valence-corrected chi connectivity index (χ0v) is 15.9. The molecular formula is C18H14F3N5O3S. The van der Waals surface area contributed by atoms with Gasteiger partial charge in [0.05, 0.1) is 11.9 Å². The van der Waals surface area contributed by atoms with Crippen molar-refractivity contribution in [3.63, 3.8) is 0 Å². The molecule has 0 atom stereocenters. The summed E-state index contributed by atoms with van der Waals surface area (Å²) >= 11 is 0. The van der Waals surface area contributed by atoms with Gasteiger partial charge in [-0.25, -0.2) is 13.4 Å². The summed E-state index contributed by atoms with van der Waals surface area (Å²) in [6, 6.07) is 21.8. The summed E-state index contributed by atoms with van der Waals surface area (Å²) in [5.74, 6) is 1.53. The third-order valence-corrected chi connectivity index (χ3v) is 4.22. The predicted molar refractivity (Wildman–Crippen MR) is 100.0 cm³/mol. The lowest BCUT2D eigenvalue weighted by molar-refractivity contribution is -0.496. The molecule has 0 aliphatic rings. The Morgan fingerprint density at radius 3 is 2.20 bits per heavy atom. The first kappa shape index (κ1) is 21.2. The van der Waals surface area contributed by atoms with Crippen LogP contribution in [0, 0.1) is 0 Å². The molecule has 0 bridgehead atoms. The molecule has 0 aliphatic heterocycles. The van der Waals surface area contributed by atoms with Crippen molar-refractivity contribution in [3.8, 4) is 5.82 Å². The van der Waals surface area contributed by atoms with Gasteiger partial charge in [-0.05, 0) is 30.3 Å². The Morgan fingerprint density at radius 1 is 0.967 bits per heavy atom. The van der Waals surface area contributed by atoms with Gasteiger partial charge < -0.3 is 4.55 Å². The van der Waals surface area contributed by atoms with E-state index in [1.54, 1.807) is 6.20 Å². The first-order valence-corrected chi connectivity index (χ1v) is 9.73. The minimum Gasteiger partial charge on any atom is -0.741 e. The third-order valence-electron chi connectivity index (χ3n) is 3.66. The number of hydrogen-bond acceptors (Lipinski definition) is 6. The smallest absolute Gasteiger partial charge is 0.485 e. The highest BCUT2D eigenvalue weighted by Gasteiger charge is 2.36. The van der Waals surface area contributed by atoms with E-state index in [1.165, 1.54) is 0 Å². The van der Waals surface area contributed by atoms with Crippen LogP contribution in [0.1, 0.15) is 0 Å². The number of alkyl halides is 3. The quantitative estimate of drug-likeness (QED) is 0.300. The van der Waals surface area contributed by atoms with Gasteiger partial charge in [0.1, 0.15) is 0 Å². The van der Waals surface area contributed by atoms with E-state index in [9.17, 15) is 13.2 Å². The minimum absolute atomic E-state index is 0.743. The molecule has 3 heterocycles. The summed E-state index contributed by atoms with van der Waals surface area (Å²) in [7, 11) is -6.09. The predicted octanol–water partition coefficient (Wildman–Crippen LogP) is 2.80. The summed E-state index contributed by atoms with van der Waals surface area (Å²) in [6.07, 6.45) is 3.74. The number of nitrogens with one attached hydrogen (secondary N) is 1. The Hall–Kier alpha value is -3.51. The van der Waals surface area contributed by atoms with Gasteiger partial charge in [-0.2, -0.15) is 17.6 Å². The van der Waals surface area contributed by atoms with Gasteiger partial charge >= 0.3 is 11.5 Å². The van der Waals surface area contributed by atoms with Crippen molar-refractivity contribution in [3.05, 3.63) is 79.1 Å². The van der Waals surface area contributed by atoms with E-state index in [-0.39, 0.29) is 0 Å². The third kappa shape index (κ3) is 4.90. The number of halogens is 3. The van der Waals surface area contributed by atoms with E-state index in [1.807, 2.05) is 82.0 Å². The van der Waals surface area contributed by atoms with Crippen molar-refractivity contribution in [2.24, 2.45) is 0 Å². The molecule has 3 aromatic heterocycles. The lowest BCUT2D eigenvalue weighted by atomic mass is 10.3. The standard InChI is InChI=1S/C17H14N5.CHF3O3S/c1-2-8-14(9-3-1)19-17-20-22(15-10-4-6-12-18-15)16-11-5-7-13-21(16)17;2-1(3,4)8(5,6)7/h1-13H,(H,19,20);(H,5,6,7)/q+1;/p-1. The number of hydrogen-bond donors (Lipinski definition) is 1. The molecule has 0 saturated carbocycles. The molecule has 0 saturated heterocycles. The molecule has 1 N–H and O–H groups in total. The molecule has 0 unspecified atom stereocenters. The van der Waals surface area contributed by atoms with Crippen molar-refractivity contribution in [2.75, 3.05) is 5.32 Å². The van der Waals surface area contributed by atoms with Gasteiger partial charge in [-0.1, -0.05) is 35.0 Å². The van der Waals surface area contributed by atoms with Crippen LogP contribution >= 0.6 is 0 Å². The molecule has 30 heavy (non-hydrogen) atoms. The number of nitrogens with zero attached hydrogens (tertiary/aromatic N) is 4. The largest absolute Gasteiger partial charge is 0.741 e. The summed E-state index contributed by atoms with van der Waals surface area (Å²) < 4.78 is 62.7. The highest BCUT2D eigenvalue weighted by atomic mass is 32.2. The molecule has 0 aliphatic carbocycles. The second-order valence-corrected chi connectivity index (χ2v) is 7.11. The molecule has 0 fully saturated rings. The molecule has 4 rings (SSSR count). The molecule has 0 radical (unpaired) electrons. The lowest BCUT2D eigenvalue weighted by Crippen LogP contribution is -2.22. The monoisotopic (exact) mass is 437 g/mol. The maximum absolute atomic E-state index is 10.7. The summed E-state index contributed by atoms with van der Waals surface area (Å²) in [4.78, 5) is 4.38. The van der Waals surface area contributed by atoms with Crippen molar-refractivity contribution in [1.29, 1.82) is 0 Å². The van der Waals surface area contributed by atoms with Crippen LogP contribution in [0.5, 0.6) is 0 Å². The molecule has 0 spiro atoms. The van der Waals surface area contributed by atoms with Crippen molar-refractivity contribution < 1.29 is 30.5 Å². The Balaban J connectivity index is 0.000000275. The van der Waals surface area contributed by atoms with Crippen LogP contribution in [0.2, 0.25) is 0 Å². The average Bonchev–Trinajstić information content (AvgIpc) is 3.07. The van der Waals surface area contributed by atoms with Gasteiger partial charge in [0, 0.05) is 17.4 Å². The molecule has 156 valence electrons. The van der Waals surface area contributed by atoms with Crippen LogP contribution in [0.3, 0.4) is 0 Å². The Kier molecular flexibility index (Phi) is 5.99. The molecular weight excluding hydrogens is 423 g/mol. The fourth-order valence-corrected chi connectivity index (χ4v) is 2.36. The zero-order chi connectivity index (χ0) is 21.8. The fourth-order valence-electron chi connectivity index (χ4n) is 2.36. The highest BCUT2D eigenvalue weighted by Crippen LogP contribution is 2.20. The second kappa shape index (κ2) is 8.47. The van der Waals surface area contributed by atoms with E-state index in [0.29, 0.717) is 0 Å². The normalized spacial score (nSPS) is 11.6. The van der Waals surface area contributed by atoms with Crippen LogP contribution in [0.4, 0.5) is 24.8 Å². The molecule has 0 amide bonds. The Bertz CT molecular complexity index is 1230. The molecule has 4 aromatic rings. The number of benzene rings is 1. The van der Waals surface area contributed by atoms with E-state index in [0.717, 1.165) is 23.1 Å². The summed E-state index contributed by atoms with van der Waals surface area (Å²) in [6.45, 7) is 0. The first-order valence-electron chi connectivity index (χ1n) is 8.32. The second-order valence-electron chi connectivity index (χ2n) is 5.74. The summed E-state index contributed by atoms with van der Waals surface area (Å²) in [5.41, 5.74) is -3.71. The number of pyridine rings is 2. The number of para-hydroxylation sites is 1. The lowest BCUT2D eigenvalue weighted by Gasteiger charge is -2.08. The number of fused-ring (bicyclic) bond motifs is 1. The van der Waals surface area contributed by atoms with Crippen LogP contribution in [-0.4, -0.2) is 33.2 Å². The maximum atomic E-state index is 10.7. The van der Waals surface area contributed by atoms with Crippen LogP contribution in [-0.2, 0) is 10.1 Å². The molecule has 12 heteroatoms. The van der Waals surface area contributed by atoms with E-state index >= 15 is 0 Å². The van der Waals surface area contributed by atoms with E-state index in [4.69, 9.17) is 13.0 Å². The van der Waals surface area contributed by atoms with Gasteiger partial charge in [-0.15, -0.1) is 0 Å². The van der Waals surface area contributed by atoms with Crippen LogP contribution in [0.15, 0.2) is 79.1 Å². The maximum Gasteiger partial charge on any atom is 0.485 e. The zero-order valence-electron chi connectivity index (χ0n) is 15.1. The topological polar surface area (TPSA) is 104 Å². The number of rotatable bonds is 3. The van der Waals surface area contributed by atoms with Gasteiger partial charge in [-0.3, -0.25) is 5.32 Å². The Morgan fingerprint density at radius 2 is 1.60 bits per heavy atom. The number of anilines is 2.